The maximum atomic E-state index is 13.8. The molecular formula is C40H52N4O8. The Morgan fingerprint density at radius 3 is 1.90 bits per heavy atom. The van der Waals surface area contributed by atoms with E-state index >= 15 is 0 Å². The lowest BCUT2D eigenvalue weighted by Gasteiger charge is -2.30. The minimum Gasteiger partial charge on any atom is -0.480 e. The van der Waals surface area contributed by atoms with E-state index in [1.54, 1.807) is 40.7 Å². The normalized spacial score (nSPS) is 14.8. The van der Waals surface area contributed by atoms with Gasteiger partial charge in [-0.15, -0.1) is 0 Å². The minimum absolute atomic E-state index is 0.138. The second-order valence-corrected chi connectivity index (χ2v) is 14.0. The van der Waals surface area contributed by atoms with Crippen molar-refractivity contribution in [1.29, 1.82) is 0 Å². The van der Waals surface area contributed by atoms with Crippen LogP contribution in [0.15, 0.2) is 66.7 Å². The number of amides is 4. The van der Waals surface area contributed by atoms with Gasteiger partial charge < -0.3 is 31.5 Å². The van der Waals surface area contributed by atoms with Crippen LogP contribution in [0.3, 0.4) is 0 Å². The number of nitrogens with one attached hydrogen (secondary N) is 4. The van der Waals surface area contributed by atoms with Gasteiger partial charge in [0.2, 0.25) is 23.6 Å². The summed E-state index contributed by atoms with van der Waals surface area (Å²) in [6.45, 7) is 10.4. The quantitative estimate of drug-likeness (QED) is 0.102. The highest BCUT2D eigenvalue weighted by molar-refractivity contribution is 6.01. The molecule has 0 aliphatic rings. The second kappa shape index (κ2) is 19.5. The van der Waals surface area contributed by atoms with E-state index in [1.165, 1.54) is 0 Å². The van der Waals surface area contributed by atoms with Crippen molar-refractivity contribution in [1.82, 2.24) is 21.3 Å². The molecule has 3 aromatic rings. The molecule has 4 amide bonds. The van der Waals surface area contributed by atoms with Crippen LogP contribution in [0, 0.1) is 17.8 Å². The Labute approximate surface area is 305 Å². The summed E-state index contributed by atoms with van der Waals surface area (Å²) in [7, 11) is 0. The number of benzene rings is 3. The molecule has 3 aromatic carbocycles. The lowest BCUT2D eigenvalue weighted by molar-refractivity contribution is -0.143. The minimum atomic E-state index is -1.40. The third-order valence-corrected chi connectivity index (χ3v) is 9.32. The van der Waals surface area contributed by atoms with E-state index in [2.05, 4.69) is 21.3 Å². The van der Waals surface area contributed by atoms with E-state index in [-0.39, 0.29) is 24.7 Å². The molecule has 0 radical (unpaired) electrons. The number of carboxylic acids is 1. The third-order valence-electron chi connectivity index (χ3n) is 9.32. The number of hydrogen-bond donors (Lipinski definition) is 6. The molecular weight excluding hydrogens is 664 g/mol. The van der Waals surface area contributed by atoms with Crippen LogP contribution in [0.2, 0.25) is 0 Å². The van der Waals surface area contributed by atoms with Crippen molar-refractivity contribution >= 4 is 46.7 Å². The summed E-state index contributed by atoms with van der Waals surface area (Å²) in [6.07, 6.45) is -0.626. The zero-order valence-electron chi connectivity index (χ0n) is 30.7. The predicted molar refractivity (Wildman–Crippen MR) is 198 cm³/mol. The Hall–Kier alpha value is -5.10. The molecule has 6 N–H and O–H groups in total. The molecule has 3 rings (SSSR count). The van der Waals surface area contributed by atoms with Gasteiger partial charge >= 0.3 is 5.97 Å². The zero-order chi connectivity index (χ0) is 38.5. The van der Waals surface area contributed by atoms with Gasteiger partial charge in [-0.05, 0) is 46.1 Å². The molecule has 0 aliphatic heterocycles. The highest BCUT2D eigenvalue weighted by atomic mass is 16.4. The van der Waals surface area contributed by atoms with Crippen LogP contribution < -0.4 is 21.3 Å². The van der Waals surface area contributed by atoms with Crippen LogP contribution in [0.5, 0.6) is 0 Å². The molecule has 0 heterocycles. The van der Waals surface area contributed by atoms with Crippen molar-refractivity contribution < 1.29 is 39.0 Å². The van der Waals surface area contributed by atoms with Crippen molar-refractivity contribution in [3.05, 3.63) is 83.4 Å². The van der Waals surface area contributed by atoms with Crippen molar-refractivity contribution in [2.75, 3.05) is 0 Å². The zero-order valence-corrected chi connectivity index (χ0v) is 30.7. The van der Waals surface area contributed by atoms with Gasteiger partial charge in [0.25, 0.3) is 0 Å². The summed E-state index contributed by atoms with van der Waals surface area (Å²) < 4.78 is 0. The Bertz CT molecular complexity index is 1710. The van der Waals surface area contributed by atoms with Gasteiger partial charge in [-0.25, -0.2) is 4.79 Å². The van der Waals surface area contributed by atoms with Crippen LogP contribution in [0.1, 0.15) is 75.9 Å². The Kier molecular flexibility index (Phi) is 15.5. The first kappa shape index (κ1) is 41.3. The van der Waals surface area contributed by atoms with Gasteiger partial charge in [-0.1, -0.05) is 115 Å². The fourth-order valence-corrected chi connectivity index (χ4v) is 6.01. The van der Waals surface area contributed by atoms with Gasteiger partial charge in [0.1, 0.15) is 18.1 Å². The molecule has 6 atom stereocenters. The van der Waals surface area contributed by atoms with Gasteiger partial charge in [0.05, 0.1) is 25.0 Å². The molecule has 12 nitrogen and oxygen atoms in total. The lowest BCUT2D eigenvalue weighted by Crippen LogP contribution is -2.57. The number of rotatable bonds is 19. The predicted octanol–water partition coefficient (Wildman–Crippen LogP) is 3.57. The number of carboxylic acid groups (broad SMARTS) is 1. The van der Waals surface area contributed by atoms with Crippen LogP contribution >= 0.6 is 0 Å². The van der Waals surface area contributed by atoms with Crippen LogP contribution in [-0.4, -0.2) is 76.4 Å². The van der Waals surface area contributed by atoms with E-state index < -0.39 is 72.2 Å². The molecule has 0 spiro atoms. The average Bonchev–Trinajstić information content (AvgIpc) is 3.10. The lowest BCUT2D eigenvalue weighted by atomic mass is 9.95. The molecule has 12 heteroatoms. The first-order chi connectivity index (χ1) is 24.7. The molecule has 0 saturated carbocycles. The number of fused-ring (bicyclic) bond motifs is 1. The van der Waals surface area contributed by atoms with E-state index in [0.29, 0.717) is 17.5 Å². The third kappa shape index (κ3) is 11.5. The van der Waals surface area contributed by atoms with Gasteiger partial charge in [0.15, 0.2) is 6.29 Å². The maximum Gasteiger partial charge on any atom is 0.326 e. The number of aliphatic hydroxyl groups is 1. The number of carbonyl (C=O) groups is 6. The maximum absolute atomic E-state index is 13.8. The average molecular weight is 717 g/mol. The number of carbonyl (C=O) groups excluding carboxylic acids is 5. The van der Waals surface area contributed by atoms with Crippen molar-refractivity contribution in [3.63, 3.8) is 0 Å². The second-order valence-electron chi connectivity index (χ2n) is 14.0. The summed E-state index contributed by atoms with van der Waals surface area (Å²) >= 11 is 0. The van der Waals surface area contributed by atoms with E-state index in [1.807, 2.05) is 67.6 Å². The van der Waals surface area contributed by atoms with E-state index in [0.717, 1.165) is 22.6 Å². The van der Waals surface area contributed by atoms with Crippen LogP contribution in [0.25, 0.3) is 10.8 Å². The van der Waals surface area contributed by atoms with E-state index in [4.69, 9.17) is 0 Å². The number of hydrogen-bond acceptors (Lipinski definition) is 7. The summed E-state index contributed by atoms with van der Waals surface area (Å²) in [5.74, 6) is -4.64. The summed E-state index contributed by atoms with van der Waals surface area (Å²) in [5, 5.41) is 33.4. The number of aliphatic carboxylic acids is 1. The molecule has 0 fully saturated rings. The first-order valence-corrected chi connectivity index (χ1v) is 17.8. The highest BCUT2D eigenvalue weighted by Gasteiger charge is 2.34. The Morgan fingerprint density at radius 1 is 0.712 bits per heavy atom. The fraction of sp³-hybridized carbons (Fsp3) is 0.450. The fourth-order valence-electron chi connectivity index (χ4n) is 6.01. The van der Waals surface area contributed by atoms with Crippen LogP contribution in [0.4, 0.5) is 0 Å². The topological polar surface area (TPSA) is 191 Å². The number of aldehydes is 1. The SMILES string of the molecule is CC[C@H](C)[C@H](NC(=O)C[C@H](O)[C@H](Cc1ccccc1)NC(=O)[C@@H](NC(=O)Cc1ccc2ccccc2c1C=O)C(C)C)C(=O)N[C@H](C(=O)O)C(C)C. The van der Waals surface area contributed by atoms with E-state index in [9.17, 15) is 39.0 Å². The van der Waals surface area contributed by atoms with Crippen molar-refractivity contribution in [2.45, 2.75) is 97.5 Å². The Morgan fingerprint density at radius 2 is 1.31 bits per heavy atom. The smallest absolute Gasteiger partial charge is 0.326 e. The molecule has 0 aromatic heterocycles. The van der Waals surface area contributed by atoms with Gasteiger partial charge in [-0.2, -0.15) is 0 Å². The standard InChI is InChI=1S/C40H52N4O8/c1-7-25(6)37(39(50)44-36(24(4)5)40(51)52)43-34(48)21-32(46)31(19-26-13-9-8-10-14-26)41-38(49)35(23(2)3)42-33(47)20-28-18-17-27-15-11-12-16-29(27)30(28)22-45/h8-18,22-25,31-32,35-37,46H,7,19-21H2,1-6H3,(H,41,49)(H,42,47)(H,43,48)(H,44,50)(H,51,52)/t25-,31-,32-,35-,36-,37-/m0/s1. The molecule has 0 unspecified atom stereocenters. The van der Waals surface area contributed by atoms with Crippen molar-refractivity contribution in [3.8, 4) is 0 Å². The molecule has 52 heavy (non-hydrogen) atoms. The summed E-state index contributed by atoms with van der Waals surface area (Å²) in [4.78, 5) is 77.3. The number of aliphatic hydroxyl groups excluding tert-OH is 1. The highest BCUT2D eigenvalue weighted by Crippen LogP contribution is 2.22. The summed E-state index contributed by atoms with van der Waals surface area (Å²) in [6, 6.07) is 15.8. The monoisotopic (exact) mass is 716 g/mol. The van der Waals surface area contributed by atoms with Gasteiger partial charge in [-0.3, -0.25) is 24.0 Å². The molecule has 0 bridgehead atoms. The first-order valence-electron chi connectivity index (χ1n) is 17.8. The van der Waals surface area contributed by atoms with Crippen LogP contribution in [-0.2, 0) is 36.8 Å². The molecule has 280 valence electrons. The Balaban J connectivity index is 1.77. The molecule has 0 aliphatic carbocycles. The van der Waals surface area contributed by atoms with Crippen molar-refractivity contribution in [2.24, 2.45) is 17.8 Å². The van der Waals surface area contributed by atoms with Gasteiger partial charge in [0, 0.05) is 5.56 Å². The molecule has 0 saturated heterocycles. The largest absolute Gasteiger partial charge is 0.480 e. The summed E-state index contributed by atoms with van der Waals surface area (Å²) in [5.41, 5.74) is 1.70.